The highest BCUT2D eigenvalue weighted by Gasteiger charge is 2.43. The van der Waals surface area contributed by atoms with E-state index in [1.54, 1.807) is 0 Å². The Kier molecular flexibility index (Phi) is 3.90. The first-order valence-corrected chi connectivity index (χ1v) is 6.44. The number of hydrogen-bond acceptors (Lipinski definition) is 3. The summed E-state index contributed by atoms with van der Waals surface area (Å²) >= 11 is 0. The van der Waals surface area contributed by atoms with E-state index < -0.39 is 12.1 Å². The third-order valence-electron chi connectivity index (χ3n) is 4.26. The Balaban J connectivity index is 1.84. The molecule has 2 aliphatic heterocycles. The van der Waals surface area contributed by atoms with Crippen LogP contribution in [0.1, 0.15) is 19.8 Å². The van der Waals surface area contributed by atoms with Crippen LogP contribution in [0, 0.1) is 11.3 Å². The summed E-state index contributed by atoms with van der Waals surface area (Å²) < 4.78 is 43.0. The van der Waals surface area contributed by atoms with E-state index in [4.69, 9.17) is 10.5 Å². The van der Waals surface area contributed by atoms with Gasteiger partial charge in [0.05, 0.1) is 19.1 Å². The molecule has 0 amide bonds. The van der Waals surface area contributed by atoms with Crippen LogP contribution < -0.4 is 5.73 Å². The quantitative estimate of drug-likeness (QED) is 0.825. The van der Waals surface area contributed by atoms with Crippen LogP contribution in [0.4, 0.5) is 13.2 Å². The summed E-state index contributed by atoms with van der Waals surface area (Å²) in [6, 6.07) is -0.0159. The average Bonchev–Trinajstić information content (AvgIpc) is 2.58. The molecule has 0 aromatic rings. The fraction of sp³-hybridized carbons (Fsp3) is 1.00. The lowest BCUT2D eigenvalue weighted by molar-refractivity contribution is -0.185. The molecule has 18 heavy (non-hydrogen) atoms. The smallest absolute Gasteiger partial charge is 0.379 e. The number of nitrogens with two attached hydrogens (primary N) is 1. The molecule has 0 radical (unpaired) electrons. The third kappa shape index (κ3) is 2.97. The van der Waals surface area contributed by atoms with Crippen LogP contribution in [-0.4, -0.2) is 50.0 Å². The Morgan fingerprint density at radius 1 is 1.33 bits per heavy atom. The van der Waals surface area contributed by atoms with Gasteiger partial charge in [0, 0.05) is 18.0 Å². The van der Waals surface area contributed by atoms with Crippen LogP contribution in [0.2, 0.25) is 0 Å². The molecular weight excluding hydrogens is 245 g/mol. The van der Waals surface area contributed by atoms with E-state index in [1.165, 1.54) is 0 Å². The number of ether oxygens (including phenoxy) is 1. The van der Waals surface area contributed by atoms with Crippen LogP contribution in [-0.2, 0) is 4.74 Å². The molecule has 0 bridgehead atoms. The van der Waals surface area contributed by atoms with Crippen LogP contribution in [0.5, 0.6) is 0 Å². The highest BCUT2D eigenvalue weighted by atomic mass is 19.4. The summed E-state index contributed by atoms with van der Waals surface area (Å²) in [4.78, 5) is 2.09. The molecule has 3 nitrogen and oxygen atoms in total. The van der Waals surface area contributed by atoms with Gasteiger partial charge in [0.2, 0.25) is 0 Å². The zero-order chi connectivity index (χ0) is 13.4. The lowest BCUT2D eigenvalue weighted by atomic mass is 9.84. The van der Waals surface area contributed by atoms with Crippen molar-refractivity contribution in [1.82, 2.24) is 4.90 Å². The Labute approximate surface area is 105 Å². The van der Waals surface area contributed by atoms with Gasteiger partial charge in [-0.05, 0) is 25.9 Å². The SMILES string of the molecule is CC1(CN2CCC(C(F)(F)F)CC2)COCC1N. The Morgan fingerprint density at radius 2 is 1.94 bits per heavy atom. The first-order chi connectivity index (χ1) is 8.31. The van der Waals surface area contributed by atoms with Crippen molar-refractivity contribution in [1.29, 1.82) is 0 Å². The topological polar surface area (TPSA) is 38.5 Å². The summed E-state index contributed by atoms with van der Waals surface area (Å²) in [5.74, 6) is -1.13. The molecule has 6 heteroatoms. The van der Waals surface area contributed by atoms with Crippen molar-refractivity contribution in [2.75, 3.05) is 32.8 Å². The van der Waals surface area contributed by atoms with E-state index in [0.29, 0.717) is 26.3 Å². The van der Waals surface area contributed by atoms with Gasteiger partial charge in [-0.15, -0.1) is 0 Å². The van der Waals surface area contributed by atoms with Crippen LogP contribution >= 0.6 is 0 Å². The summed E-state index contributed by atoms with van der Waals surface area (Å²) in [6.45, 7) is 4.96. The van der Waals surface area contributed by atoms with Gasteiger partial charge in [-0.25, -0.2) is 0 Å². The monoisotopic (exact) mass is 266 g/mol. The van der Waals surface area contributed by atoms with Gasteiger partial charge >= 0.3 is 6.18 Å². The zero-order valence-corrected chi connectivity index (χ0v) is 10.7. The van der Waals surface area contributed by atoms with Crippen molar-refractivity contribution >= 4 is 0 Å². The molecule has 0 saturated carbocycles. The normalized spacial score (nSPS) is 36.2. The van der Waals surface area contributed by atoms with Crippen LogP contribution in [0.15, 0.2) is 0 Å². The summed E-state index contributed by atoms with van der Waals surface area (Å²) in [6.07, 6.45) is -3.63. The largest absolute Gasteiger partial charge is 0.391 e. The maximum Gasteiger partial charge on any atom is 0.391 e. The first-order valence-electron chi connectivity index (χ1n) is 6.44. The minimum absolute atomic E-state index is 0.0159. The van der Waals surface area contributed by atoms with E-state index in [0.717, 1.165) is 6.54 Å². The average molecular weight is 266 g/mol. The molecule has 2 fully saturated rings. The number of halogens is 3. The number of hydrogen-bond donors (Lipinski definition) is 1. The third-order valence-corrected chi connectivity index (χ3v) is 4.26. The molecule has 2 rings (SSSR count). The summed E-state index contributed by atoms with van der Waals surface area (Å²) in [5, 5.41) is 0. The first kappa shape index (κ1) is 14.1. The molecule has 106 valence electrons. The summed E-state index contributed by atoms with van der Waals surface area (Å²) in [7, 11) is 0. The molecule has 0 aliphatic carbocycles. The number of alkyl halides is 3. The lowest BCUT2D eigenvalue weighted by Gasteiger charge is -2.38. The van der Waals surface area contributed by atoms with Crippen molar-refractivity contribution in [3.8, 4) is 0 Å². The van der Waals surface area contributed by atoms with Gasteiger partial charge in [0.1, 0.15) is 0 Å². The summed E-state index contributed by atoms with van der Waals surface area (Å²) in [5.41, 5.74) is 5.88. The maximum absolute atomic E-state index is 12.6. The van der Waals surface area contributed by atoms with Crippen molar-refractivity contribution in [2.45, 2.75) is 32.0 Å². The van der Waals surface area contributed by atoms with E-state index in [1.807, 2.05) is 0 Å². The fourth-order valence-corrected chi connectivity index (χ4v) is 2.82. The second kappa shape index (κ2) is 4.98. The molecule has 2 atom stereocenters. The highest BCUT2D eigenvalue weighted by molar-refractivity contribution is 4.93. The second-order valence-corrected chi connectivity index (χ2v) is 5.87. The van der Waals surface area contributed by atoms with Gasteiger partial charge in [-0.1, -0.05) is 6.92 Å². The second-order valence-electron chi connectivity index (χ2n) is 5.87. The predicted molar refractivity (Wildman–Crippen MR) is 62.1 cm³/mol. The number of rotatable bonds is 2. The molecule has 2 heterocycles. The van der Waals surface area contributed by atoms with Gasteiger partial charge < -0.3 is 15.4 Å². The Hall–Kier alpha value is -0.330. The molecule has 2 N–H and O–H groups in total. The molecule has 2 unspecified atom stereocenters. The van der Waals surface area contributed by atoms with Crippen molar-refractivity contribution in [3.63, 3.8) is 0 Å². The number of likely N-dealkylation sites (tertiary alicyclic amines) is 1. The zero-order valence-electron chi connectivity index (χ0n) is 10.7. The minimum Gasteiger partial charge on any atom is -0.379 e. The predicted octanol–water partition coefficient (Wildman–Crippen LogP) is 1.62. The van der Waals surface area contributed by atoms with Crippen LogP contribution in [0.3, 0.4) is 0 Å². The standard InChI is InChI=1S/C12H21F3N2O/c1-11(8-18-6-10(11)16)7-17-4-2-9(3-5-17)12(13,14)15/h9-10H,2-8,16H2,1H3. The Bertz CT molecular complexity index is 290. The number of nitrogens with zero attached hydrogens (tertiary/aromatic N) is 1. The van der Waals surface area contributed by atoms with Gasteiger partial charge in [0.15, 0.2) is 0 Å². The van der Waals surface area contributed by atoms with Gasteiger partial charge in [-0.2, -0.15) is 13.2 Å². The van der Waals surface area contributed by atoms with E-state index in [-0.39, 0.29) is 24.3 Å². The van der Waals surface area contributed by atoms with E-state index >= 15 is 0 Å². The molecule has 2 aliphatic rings. The molecule has 0 aromatic heterocycles. The van der Waals surface area contributed by atoms with Crippen molar-refractivity contribution in [2.24, 2.45) is 17.1 Å². The van der Waals surface area contributed by atoms with Crippen LogP contribution in [0.25, 0.3) is 0 Å². The van der Waals surface area contributed by atoms with Gasteiger partial charge in [-0.3, -0.25) is 0 Å². The van der Waals surface area contributed by atoms with Crippen molar-refractivity contribution < 1.29 is 17.9 Å². The molecule has 2 saturated heterocycles. The molecular formula is C12H21F3N2O. The Morgan fingerprint density at radius 3 is 2.39 bits per heavy atom. The molecule has 0 aromatic carbocycles. The molecule has 0 spiro atoms. The van der Waals surface area contributed by atoms with E-state index in [9.17, 15) is 13.2 Å². The van der Waals surface area contributed by atoms with Gasteiger partial charge in [0.25, 0.3) is 0 Å². The highest BCUT2D eigenvalue weighted by Crippen LogP contribution is 2.35. The van der Waals surface area contributed by atoms with E-state index in [2.05, 4.69) is 11.8 Å². The maximum atomic E-state index is 12.6. The fourth-order valence-electron chi connectivity index (χ4n) is 2.82. The number of piperidine rings is 1. The lowest BCUT2D eigenvalue weighted by Crippen LogP contribution is -2.49. The minimum atomic E-state index is -4.04. The van der Waals surface area contributed by atoms with Crippen molar-refractivity contribution in [3.05, 3.63) is 0 Å².